The Morgan fingerprint density at radius 1 is 1.17 bits per heavy atom. The first-order chi connectivity index (χ1) is 16.9. The molecule has 3 aromatic rings. The summed E-state index contributed by atoms with van der Waals surface area (Å²) in [5.74, 6) is 0.201. The first-order valence-electron chi connectivity index (χ1n) is 11.4. The minimum Gasteiger partial charge on any atom is -0.491 e. The van der Waals surface area contributed by atoms with Crippen molar-refractivity contribution in [1.82, 2.24) is 29.3 Å². The van der Waals surface area contributed by atoms with E-state index >= 15 is 0 Å². The molecular weight excluding hydrogens is 452 g/mol. The summed E-state index contributed by atoms with van der Waals surface area (Å²) >= 11 is 0. The quantitative estimate of drug-likeness (QED) is 0.346. The maximum Gasteiger partial charge on any atom is 0.264 e. The number of hydrogen-bond acceptors (Lipinski definition) is 10. The van der Waals surface area contributed by atoms with Gasteiger partial charge in [0.05, 0.1) is 30.4 Å². The minimum absolute atomic E-state index is 0.0290. The Bertz CT molecular complexity index is 1260. The van der Waals surface area contributed by atoms with Crippen LogP contribution in [0.25, 0.3) is 10.9 Å². The van der Waals surface area contributed by atoms with E-state index in [1.165, 1.54) is 37.4 Å². The largest absolute Gasteiger partial charge is 0.491 e. The monoisotopic (exact) mass is 482 g/mol. The van der Waals surface area contributed by atoms with E-state index in [9.17, 15) is 9.59 Å². The lowest BCUT2D eigenvalue weighted by Crippen LogP contribution is -2.44. The number of benzene rings is 1. The van der Waals surface area contributed by atoms with Crippen molar-refractivity contribution in [2.75, 3.05) is 64.5 Å². The minimum atomic E-state index is -0.504. The lowest BCUT2D eigenvalue weighted by atomic mass is 10.1. The molecule has 1 amide bonds. The van der Waals surface area contributed by atoms with Gasteiger partial charge in [-0.15, -0.1) is 0 Å². The van der Waals surface area contributed by atoms with Crippen LogP contribution < -0.4 is 26.1 Å². The number of piperazine rings is 1. The van der Waals surface area contributed by atoms with Crippen LogP contribution in [0.3, 0.4) is 0 Å². The van der Waals surface area contributed by atoms with Crippen molar-refractivity contribution >= 4 is 28.4 Å². The lowest BCUT2D eigenvalue weighted by molar-refractivity contribution is 0.102. The first kappa shape index (κ1) is 24.4. The molecular formula is C23H30N8O4. The molecule has 12 heteroatoms. The molecule has 0 bridgehead atoms. The van der Waals surface area contributed by atoms with E-state index in [1.54, 1.807) is 6.07 Å². The van der Waals surface area contributed by atoms with Gasteiger partial charge in [-0.2, -0.15) is 0 Å². The predicted molar refractivity (Wildman–Crippen MR) is 132 cm³/mol. The zero-order valence-corrected chi connectivity index (χ0v) is 20.2. The summed E-state index contributed by atoms with van der Waals surface area (Å²) < 4.78 is 12.8. The average molecular weight is 483 g/mol. The number of fused-ring (bicyclic) bond motifs is 1. The molecule has 0 saturated carbocycles. The highest BCUT2D eigenvalue weighted by molar-refractivity contribution is 6.04. The van der Waals surface area contributed by atoms with Gasteiger partial charge < -0.3 is 25.0 Å². The zero-order chi connectivity index (χ0) is 24.9. The SMILES string of the molecule is COc1c(OCCCN2CCN(C)CC2)cc(N)c2c(=O)n(C)c(NC(=O)c3cncnc3)nc12. The molecule has 4 rings (SSSR count). The molecule has 3 heterocycles. The maximum atomic E-state index is 13.1. The van der Waals surface area contributed by atoms with E-state index in [2.05, 4.69) is 37.1 Å². The number of hydrogen-bond donors (Lipinski definition) is 2. The molecule has 186 valence electrons. The third-order valence-corrected chi connectivity index (χ3v) is 6.03. The number of anilines is 2. The fourth-order valence-electron chi connectivity index (χ4n) is 3.97. The van der Waals surface area contributed by atoms with Crippen LogP contribution in [0, 0.1) is 0 Å². The van der Waals surface area contributed by atoms with Crippen molar-refractivity contribution in [3.05, 3.63) is 40.7 Å². The number of rotatable bonds is 8. The fraction of sp³-hybridized carbons (Fsp3) is 0.435. The fourth-order valence-corrected chi connectivity index (χ4v) is 3.97. The number of nitrogen functional groups attached to an aromatic ring is 1. The summed E-state index contributed by atoms with van der Waals surface area (Å²) in [7, 11) is 5.10. The molecule has 35 heavy (non-hydrogen) atoms. The van der Waals surface area contributed by atoms with Gasteiger partial charge in [-0.1, -0.05) is 0 Å². The number of carbonyl (C=O) groups is 1. The van der Waals surface area contributed by atoms with Crippen LogP contribution in [0.4, 0.5) is 11.6 Å². The van der Waals surface area contributed by atoms with E-state index in [0.717, 1.165) is 39.1 Å². The van der Waals surface area contributed by atoms with Gasteiger partial charge in [-0.05, 0) is 13.5 Å². The normalized spacial score (nSPS) is 14.7. The van der Waals surface area contributed by atoms with Crippen molar-refractivity contribution < 1.29 is 14.3 Å². The summed E-state index contributed by atoms with van der Waals surface area (Å²) in [5, 5.41) is 2.82. The molecule has 1 saturated heterocycles. The highest BCUT2D eigenvalue weighted by atomic mass is 16.5. The van der Waals surface area contributed by atoms with Crippen molar-refractivity contribution in [3.63, 3.8) is 0 Å². The van der Waals surface area contributed by atoms with Crippen molar-refractivity contribution in [2.45, 2.75) is 6.42 Å². The number of methoxy groups -OCH3 is 1. The molecule has 0 spiro atoms. The Morgan fingerprint density at radius 3 is 2.57 bits per heavy atom. The first-order valence-corrected chi connectivity index (χ1v) is 11.4. The molecule has 2 aromatic heterocycles. The molecule has 0 radical (unpaired) electrons. The molecule has 1 fully saturated rings. The molecule has 1 aromatic carbocycles. The number of amides is 1. The molecule has 12 nitrogen and oxygen atoms in total. The van der Waals surface area contributed by atoms with Gasteiger partial charge in [0, 0.05) is 58.2 Å². The maximum absolute atomic E-state index is 13.1. The molecule has 0 unspecified atom stereocenters. The van der Waals surface area contributed by atoms with Gasteiger partial charge >= 0.3 is 0 Å². The Kier molecular flexibility index (Phi) is 7.42. The van der Waals surface area contributed by atoms with Gasteiger partial charge in [-0.25, -0.2) is 15.0 Å². The average Bonchev–Trinajstić information content (AvgIpc) is 2.86. The standard InChI is InChI=1S/C23H30N8O4/c1-29-6-8-31(9-7-29)5-4-10-35-17-11-16(24)18-19(20(17)34-3)27-23(30(2)22(18)33)28-21(32)15-12-25-14-26-13-15/h11-14H,4-10,24H2,1-3H3,(H,27,28,32). The molecule has 0 atom stereocenters. The van der Waals surface area contributed by atoms with Crippen molar-refractivity contribution in [3.8, 4) is 11.5 Å². The third-order valence-electron chi connectivity index (χ3n) is 6.03. The lowest BCUT2D eigenvalue weighted by Gasteiger charge is -2.32. The number of aromatic nitrogens is 4. The molecule has 1 aliphatic heterocycles. The van der Waals surface area contributed by atoms with Gasteiger partial charge in [0.2, 0.25) is 5.95 Å². The summed E-state index contributed by atoms with van der Waals surface area (Å²) in [6.07, 6.45) is 4.89. The van der Waals surface area contributed by atoms with Crippen LogP contribution in [-0.2, 0) is 7.05 Å². The summed E-state index contributed by atoms with van der Waals surface area (Å²) in [4.78, 5) is 42.6. The zero-order valence-electron chi connectivity index (χ0n) is 20.2. The van der Waals surface area contributed by atoms with E-state index in [4.69, 9.17) is 15.2 Å². The highest BCUT2D eigenvalue weighted by Crippen LogP contribution is 2.37. The van der Waals surface area contributed by atoms with Gasteiger partial charge in [0.15, 0.2) is 11.5 Å². The number of carbonyl (C=O) groups excluding carboxylic acids is 1. The number of nitrogens with zero attached hydrogens (tertiary/aromatic N) is 6. The predicted octanol–water partition coefficient (Wildman–Crippen LogP) is 0.583. The number of nitrogens with one attached hydrogen (secondary N) is 1. The van der Waals surface area contributed by atoms with Crippen LogP contribution >= 0.6 is 0 Å². The van der Waals surface area contributed by atoms with Crippen LogP contribution in [0.15, 0.2) is 29.6 Å². The number of likely N-dealkylation sites (N-methyl/N-ethyl adjacent to an activating group) is 1. The Balaban J connectivity index is 1.57. The van der Waals surface area contributed by atoms with Crippen molar-refractivity contribution in [2.24, 2.45) is 7.05 Å². The molecule has 0 aliphatic carbocycles. The van der Waals surface area contributed by atoms with E-state index in [-0.39, 0.29) is 33.9 Å². The molecule has 3 N–H and O–H groups in total. The summed E-state index contributed by atoms with van der Waals surface area (Å²) in [6, 6.07) is 1.58. The van der Waals surface area contributed by atoms with Crippen LogP contribution in [0.5, 0.6) is 11.5 Å². The van der Waals surface area contributed by atoms with Gasteiger partial charge in [0.25, 0.3) is 11.5 Å². The molecule has 1 aliphatic rings. The van der Waals surface area contributed by atoms with Crippen LogP contribution in [0.1, 0.15) is 16.8 Å². The summed E-state index contributed by atoms with van der Waals surface area (Å²) in [6.45, 7) is 5.59. The number of ether oxygens (including phenoxy) is 2. The Hall–Kier alpha value is -3.77. The second kappa shape index (κ2) is 10.7. The number of nitrogens with two attached hydrogens (primary N) is 1. The Morgan fingerprint density at radius 2 is 1.89 bits per heavy atom. The highest BCUT2D eigenvalue weighted by Gasteiger charge is 2.21. The van der Waals surface area contributed by atoms with Gasteiger partial charge in [0.1, 0.15) is 11.8 Å². The van der Waals surface area contributed by atoms with Crippen molar-refractivity contribution in [1.29, 1.82) is 0 Å². The summed E-state index contributed by atoms with van der Waals surface area (Å²) in [5.41, 5.74) is 6.46. The van der Waals surface area contributed by atoms with E-state index in [1.807, 2.05) is 0 Å². The van der Waals surface area contributed by atoms with E-state index < -0.39 is 11.5 Å². The van der Waals surface area contributed by atoms with E-state index in [0.29, 0.717) is 12.4 Å². The Labute approximate surface area is 202 Å². The van der Waals surface area contributed by atoms with Crippen LogP contribution in [-0.4, -0.2) is 88.7 Å². The van der Waals surface area contributed by atoms with Crippen LogP contribution in [0.2, 0.25) is 0 Å². The second-order valence-corrected chi connectivity index (χ2v) is 8.45. The third kappa shape index (κ3) is 5.33. The second-order valence-electron chi connectivity index (χ2n) is 8.45. The van der Waals surface area contributed by atoms with Gasteiger partial charge in [-0.3, -0.25) is 19.5 Å². The topological polar surface area (TPSA) is 141 Å². The smallest absolute Gasteiger partial charge is 0.264 e.